The van der Waals surface area contributed by atoms with Crippen molar-refractivity contribution in [3.05, 3.63) is 339 Å². The predicted octanol–water partition coefficient (Wildman–Crippen LogP) is 36.0. The van der Waals surface area contributed by atoms with Crippen molar-refractivity contribution in [2.75, 3.05) is 29.5 Å². The molecule has 5 nitrogen and oxygen atoms in total. The molecule has 0 aliphatic carbocycles. The topological polar surface area (TPSA) is 130 Å². The van der Waals surface area contributed by atoms with Crippen LogP contribution in [0.3, 0.4) is 0 Å². The molecule has 0 heterocycles. The fourth-order valence-electron chi connectivity index (χ4n) is 4.42. The number of rotatable bonds is 0. The Morgan fingerprint density at radius 3 is 0.236 bits per heavy atom. The summed E-state index contributed by atoms with van der Waals surface area (Å²) in [4.78, 5) is 0. The quantitative estimate of drug-likeness (QED) is 0.0966. The van der Waals surface area contributed by atoms with Gasteiger partial charge in [0, 0.05) is 22.7 Å². The molecule has 636 valence electrons. The van der Waals surface area contributed by atoms with E-state index in [9.17, 15) is 0 Å². The lowest BCUT2D eigenvalue weighted by Crippen LogP contribution is -1.87. The van der Waals surface area contributed by atoms with Crippen molar-refractivity contribution in [3.8, 4) is 0 Å². The fourth-order valence-corrected chi connectivity index (χ4v) is 4.42. The summed E-state index contributed by atoms with van der Waals surface area (Å²) < 4.78 is 0. The number of aryl methyl sites for hydroxylation is 2. The highest BCUT2D eigenvalue weighted by Crippen LogP contribution is 1.99. The second-order valence-electron chi connectivity index (χ2n) is 18.9. The molecule has 0 bridgehead atoms. The van der Waals surface area contributed by atoms with Gasteiger partial charge in [-0.3, -0.25) is 0 Å². The lowest BCUT2D eigenvalue weighted by molar-refractivity contribution is 1.09. The minimum absolute atomic E-state index is 0.750. The van der Waals surface area contributed by atoms with Gasteiger partial charge >= 0.3 is 0 Å². The third kappa shape index (κ3) is 239. The molecule has 0 spiro atoms. The van der Waals surface area contributed by atoms with Crippen LogP contribution in [0.15, 0.2) is 328 Å². The summed E-state index contributed by atoms with van der Waals surface area (Å²) in [5, 5.41) is 0. The Kier molecular flexibility index (Phi) is 260. The lowest BCUT2D eigenvalue weighted by Gasteiger charge is -1.83. The Bertz CT molecular complexity index is 1960. The van der Waals surface area contributed by atoms with E-state index in [0.717, 1.165) is 29.3 Å². The summed E-state index contributed by atoms with van der Waals surface area (Å²) in [6.45, 7) is 76.6. The average molecular weight is 1520 g/mol. The van der Waals surface area contributed by atoms with Gasteiger partial charge in [0.25, 0.3) is 0 Å². The van der Waals surface area contributed by atoms with E-state index in [1.54, 1.807) is 0 Å². The third-order valence-electron chi connectivity index (χ3n) is 7.75. The van der Waals surface area contributed by atoms with Crippen molar-refractivity contribution in [1.82, 2.24) is 0 Å². The summed E-state index contributed by atoms with van der Waals surface area (Å²) in [7, 11) is 0. The van der Waals surface area contributed by atoms with Crippen LogP contribution in [0.4, 0.5) is 22.7 Å². The first-order valence-electron chi connectivity index (χ1n) is 42.6. The first kappa shape index (κ1) is 147. The molecule has 0 aliphatic heterocycles. The molecule has 0 saturated carbocycles. The van der Waals surface area contributed by atoms with Crippen molar-refractivity contribution in [2.45, 2.75) is 301 Å². The Morgan fingerprint density at radius 2 is 0.200 bits per heavy atom. The van der Waals surface area contributed by atoms with Gasteiger partial charge in [-0.25, -0.2) is 0 Å². The lowest BCUT2D eigenvalue weighted by atomic mass is 10.2. The number of hydrogen-bond acceptors (Lipinski definition) is 5. The van der Waals surface area contributed by atoms with E-state index in [2.05, 4.69) is 135 Å². The van der Waals surface area contributed by atoms with Crippen molar-refractivity contribution in [1.29, 1.82) is 0 Å². The molecule has 0 fully saturated rings. The zero-order valence-corrected chi connectivity index (χ0v) is 79.7. The van der Waals surface area contributed by atoms with Gasteiger partial charge in [0.15, 0.2) is 0 Å². The van der Waals surface area contributed by atoms with E-state index in [4.69, 9.17) is 28.7 Å². The van der Waals surface area contributed by atoms with Crippen molar-refractivity contribution >= 4 is 22.7 Å². The highest BCUT2D eigenvalue weighted by Gasteiger charge is 1.76. The highest BCUT2D eigenvalue weighted by atomic mass is 14.5. The van der Waals surface area contributed by atoms with Gasteiger partial charge in [0.2, 0.25) is 0 Å². The van der Waals surface area contributed by atoms with Crippen LogP contribution in [0.25, 0.3) is 0 Å². The average Bonchev–Trinajstić information content (AvgIpc) is 1.09. The minimum atomic E-state index is 0.750. The molecular weight excluding hydrogens is 1330 g/mol. The third-order valence-corrected chi connectivity index (χ3v) is 7.75. The molecule has 10 N–H and O–H groups in total. The molecule has 0 saturated heterocycles. The molecule has 0 atom stereocenters. The van der Waals surface area contributed by atoms with Crippen LogP contribution in [-0.4, -0.2) is 6.54 Å². The molecule has 10 aromatic rings. The maximum atomic E-state index is 5.36. The predicted molar refractivity (Wildman–Crippen MR) is 532 cm³/mol. The maximum Gasteiger partial charge on any atom is 0.0313 e. The normalized spacial score (nSPS) is 6.89. The molecule has 10 rings (SSSR count). The second-order valence-corrected chi connectivity index (χ2v) is 18.9. The summed E-state index contributed by atoms with van der Waals surface area (Å²) in [5.74, 6) is 0. The van der Waals surface area contributed by atoms with E-state index in [1.807, 2.05) is 449 Å². The summed E-state index contributed by atoms with van der Waals surface area (Å²) >= 11 is 0. The van der Waals surface area contributed by atoms with Crippen LogP contribution >= 0.6 is 0 Å². The van der Waals surface area contributed by atoms with Gasteiger partial charge in [-0.2, -0.15) is 0 Å². The fraction of sp³-hybridized carbons (Fsp3) is 0.429. The maximum absolute atomic E-state index is 5.36. The van der Waals surface area contributed by atoms with Crippen molar-refractivity contribution < 1.29 is 0 Å². The largest absolute Gasteiger partial charge is 0.399 e. The van der Waals surface area contributed by atoms with Crippen LogP contribution in [0, 0.1) is 13.8 Å². The summed E-state index contributed by atoms with van der Waals surface area (Å²) in [6, 6.07) is 106. The van der Waals surface area contributed by atoms with Gasteiger partial charge < -0.3 is 28.7 Å². The van der Waals surface area contributed by atoms with Crippen molar-refractivity contribution in [3.63, 3.8) is 0 Å². The van der Waals surface area contributed by atoms with E-state index in [0.29, 0.717) is 0 Å². The molecule has 0 aromatic heterocycles. The zero-order chi connectivity index (χ0) is 89.3. The molecule has 0 aliphatic rings. The summed E-state index contributed by atoms with van der Waals surface area (Å²) in [6.07, 6.45) is 8.75. The Balaban J connectivity index is -0.0000000506. The van der Waals surface area contributed by atoms with E-state index >= 15 is 0 Å². The van der Waals surface area contributed by atoms with E-state index in [1.165, 1.54) is 56.1 Å². The van der Waals surface area contributed by atoms with Gasteiger partial charge in [0.1, 0.15) is 0 Å². The molecule has 0 radical (unpaired) electrons. The molecule has 0 unspecified atom stereocenters. The second kappa shape index (κ2) is 195. The molecule has 110 heavy (non-hydrogen) atoms. The number of benzene rings is 10. The van der Waals surface area contributed by atoms with Gasteiger partial charge in [0.05, 0.1) is 0 Å². The standard InChI is InChI=1S/2C7H8.4C6H7N.4C6H6.7C3H8.C2H7N.10C2H6/c2*1-7-5-3-2-4-6-7;4*7-6-4-2-1-3-5-6;4*1-2-4-6-5-3-1;7*1-3-2;1-2-3;10*1-2/h2*2-6H,1H3;4*1-5H,7H2;4*1-6H;7*3H2,1-2H3;2-3H2,1H3;10*1-2H3. The Labute approximate surface area is 693 Å². The molecule has 5 heteroatoms. The van der Waals surface area contributed by atoms with Crippen LogP contribution in [0.5, 0.6) is 0 Å². The van der Waals surface area contributed by atoms with Crippen LogP contribution in [-0.2, 0) is 0 Å². The van der Waals surface area contributed by atoms with Crippen LogP contribution in [0.1, 0.15) is 298 Å². The number of nitrogens with two attached hydrogens (primary N) is 5. The molecule has 10 aromatic carbocycles. The summed E-state index contributed by atoms with van der Waals surface area (Å²) in [5.41, 5.74) is 32.2. The van der Waals surface area contributed by atoms with Gasteiger partial charge in [-0.1, -0.05) is 577 Å². The minimum Gasteiger partial charge on any atom is -0.399 e. The zero-order valence-electron chi connectivity index (χ0n) is 79.7. The number of hydrogen-bond donors (Lipinski definition) is 5. The van der Waals surface area contributed by atoms with Crippen LogP contribution in [0.2, 0.25) is 0 Å². The van der Waals surface area contributed by atoms with E-state index < -0.39 is 0 Å². The Hall–Kier alpha value is -8.64. The smallest absolute Gasteiger partial charge is 0.0313 e. The number of nitrogen functional groups attached to an aromatic ring is 4. The SMILES string of the molecule is CC.CC.CC.CC.CC.CC.CC.CC.CC.CC.CCC.CCC.CCC.CCC.CCC.CCC.CCC.CCN.Cc1ccccc1.Cc1ccccc1.Nc1ccccc1.Nc1ccccc1.Nc1ccccc1.Nc1ccccc1.c1ccccc1.c1ccccc1.c1ccccc1.c1ccccc1. The first-order chi connectivity index (χ1) is 53.7. The molecule has 0 amide bonds. The number of para-hydroxylation sites is 4. The van der Waals surface area contributed by atoms with Gasteiger partial charge in [-0.05, 0) is 68.9 Å². The Morgan fingerprint density at radius 1 is 0.145 bits per heavy atom. The number of anilines is 4. The monoisotopic (exact) mass is 1520 g/mol. The highest BCUT2D eigenvalue weighted by molar-refractivity contribution is 5.37. The van der Waals surface area contributed by atoms with E-state index in [-0.39, 0.29) is 0 Å². The van der Waals surface area contributed by atoms with Crippen molar-refractivity contribution in [2.24, 2.45) is 5.73 Å². The van der Waals surface area contributed by atoms with Crippen LogP contribution < -0.4 is 28.7 Å². The molecular formula is C105H191N5. The van der Waals surface area contributed by atoms with Gasteiger partial charge in [-0.15, -0.1) is 0 Å². The first-order valence-corrected chi connectivity index (χ1v) is 42.6.